The van der Waals surface area contributed by atoms with E-state index >= 15 is 0 Å². The van der Waals surface area contributed by atoms with Crippen LogP contribution in [-0.2, 0) is 21.7 Å². The minimum Gasteiger partial charge on any atom is -0.432 e. The van der Waals surface area contributed by atoms with Crippen molar-refractivity contribution in [2.24, 2.45) is 5.92 Å². The summed E-state index contributed by atoms with van der Waals surface area (Å²) in [6, 6.07) is 14.0. The SMILES string of the molecule is C=CCN1C(=O)[C@@]2(O[C@@H](CCn3cc(C(CO)c4ccccc4)nn3)[C@H]([Si](C)(C)O)[C@H]2C)c2cc([N+](=O)[O-])ccc21. The van der Waals surface area contributed by atoms with Gasteiger partial charge in [0, 0.05) is 48.4 Å². The number of aliphatic hydroxyl groups is 1. The highest BCUT2D eigenvalue weighted by Gasteiger charge is 2.66. The van der Waals surface area contributed by atoms with Crippen LogP contribution < -0.4 is 4.90 Å². The maximum atomic E-state index is 14.1. The molecule has 12 heteroatoms. The van der Waals surface area contributed by atoms with Gasteiger partial charge in [0.15, 0.2) is 13.9 Å². The first-order valence-corrected chi connectivity index (χ1v) is 16.7. The van der Waals surface area contributed by atoms with E-state index in [4.69, 9.17) is 4.74 Å². The highest BCUT2D eigenvalue weighted by molar-refractivity contribution is 6.71. The lowest BCUT2D eigenvalue weighted by molar-refractivity contribution is -0.385. The predicted molar refractivity (Wildman–Crippen MR) is 155 cm³/mol. The third kappa shape index (κ3) is 4.90. The van der Waals surface area contributed by atoms with Crippen LogP contribution in [0.5, 0.6) is 0 Å². The second-order valence-electron chi connectivity index (χ2n) is 11.4. The van der Waals surface area contributed by atoms with Gasteiger partial charge in [-0.15, -0.1) is 11.7 Å². The second kappa shape index (κ2) is 10.9. The van der Waals surface area contributed by atoms with Crippen LogP contribution in [0.1, 0.15) is 36.1 Å². The van der Waals surface area contributed by atoms with Crippen LogP contribution in [0.4, 0.5) is 11.4 Å². The molecule has 1 aromatic heterocycles. The van der Waals surface area contributed by atoms with E-state index < -0.39 is 30.9 Å². The number of carbonyl (C=O) groups excluding carboxylic acids is 1. The van der Waals surface area contributed by atoms with Crippen LogP contribution in [0.3, 0.4) is 0 Å². The Labute approximate surface area is 239 Å². The zero-order valence-corrected chi connectivity index (χ0v) is 24.4. The molecule has 2 aliphatic rings. The first-order chi connectivity index (χ1) is 19.5. The van der Waals surface area contributed by atoms with E-state index in [2.05, 4.69) is 16.9 Å². The number of fused-ring (bicyclic) bond motifs is 2. The van der Waals surface area contributed by atoms with Crippen molar-refractivity contribution in [2.45, 2.75) is 56.1 Å². The minimum atomic E-state index is -2.90. The molecular weight excluding hydrogens is 542 g/mol. The highest BCUT2D eigenvalue weighted by Crippen LogP contribution is 2.60. The molecule has 3 heterocycles. The number of non-ortho nitro benzene ring substituents is 1. The molecule has 5 atom stereocenters. The highest BCUT2D eigenvalue weighted by atomic mass is 28.4. The van der Waals surface area contributed by atoms with Gasteiger partial charge >= 0.3 is 0 Å². The molecule has 2 aromatic carbocycles. The Balaban J connectivity index is 1.46. The van der Waals surface area contributed by atoms with Crippen molar-refractivity contribution in [2.75, 3.05) is 18.1 Å². The Kier molecular flexibility index (Phi) is 7.68. The largest absolute Gasteiger partial charge is 0.432 e. The fraction of sp³-hybridized carbons (Fsp3) is 0.414. The molecule has 5 rings (SSSR count). The van der Waals surface area contributed by atoms with E-state index in [0.29, 0.717) is 29.9 Å². The molecule has 1 unspecified atom stereocenters. The lowest BCUT2D eigenvalue weighted by atomic mass is 9.82. The third-order valence-corrected chi connectivity index (χ3v) is 10.9. The maximum Gasteiger partial charge on any atom is 0.269 e. The summed E-state index contributed by atoms with van der Waals surface area (Å²) < 4.78 is 8.39. The van der Waals surface area contributed by atoms with Gasteiger partial charge in [-0.2, -0.15) is 0 Å². The Bertz CT molecular complexity index is 1460. The number of nitrogens with zero attached hydrogens (tertiary/aromatic N) is 5. The molecule has 1 saturated heterocycles. The van der Waals surface area contributed by atoms with Gasteiger partial charge in [-0.05, 0) is 31.1 Å². The van der Waals surface area contributed by atoms with Gasteiger partial charge < -0.3 is 19.5 Å². The lowest BCUT2D eigenvalue weighted by Gasteiger charge is -2.32. The number of carbonyl (C=O) groups is 1. The van der Waals surface area contributed by atoms with Gasteiger partial charge in [-0.3, -0.25) is 19.6 Å². The van der Waals surface area contributed by atoms with Crippen molar-refractivity contribution in [1.29, 1.82) is 0 Å². The number of ether oxygens (including phenoxy) is 1. The van der Waals surface area contributed by atoms with Crippen LogP contribution in [0.2, 0.25) is 18.6 Å². The number of aromatic nitrogens is 3. The van der Waals surface area contributed by atoms with Crippen LogP contribution in [-0.4, -0.2) is 63.3 Å². The van der Waals surface area contributed by atoms with E-state index in [0.717, 1.165) is 5.56 Å². The Morgan fingerprint density at radius 1 is 1.27 bits per heavy atom. The number of hydrogen-bond acceptors (Lipinski definition) is 8. The van der Waals surface area contributed by atoms with E-state index in [-0.39, 0.29) is 36.2 Å². The number of aliphatic hydroxyl groups excluding tert-OH is 1. The minimum absolute atomic E-state index is 0.115. The maximum absolute atomic E-state index is 14.1. The standard InChI is InChI=1S/C29H35N5O6Si/c1-5-14-33-25-12-11-21(34(37)38)16-23(25)29(28(33)36)19(2)27(41(3,4)39)26(40-29)13-15-32-17-24(30-31-32)22(18-35)20-9-7-6-8-10-20/h5-12,16-17,19,22,26-27,35,39H,1,13-15,18H2,2-4H3/t19-,22?,26+,27-,29+/m1/s1. The quantitative estimate of drug-likeness (QED) is 0.161. The summed E-state index contributed by atoms with van der Waals surface area (Å²) >= 11 is 0. The molecule has 11 nitrogen and oxygen atoms in total. The normalized spacial score (nSPS) is 24.6. The molecule has 3 aromatic rings. The smallest absolute Gasteiger partial charge is 0.269 e. The van der Waals surface area contributed by atoms with E-state index in [1.807, 2.05) is 50.3 Å². The summed E-state index contributed by atoms with van der Waals surface area (Å²) in [5, 5.41) is 30.3. The van der Waals surface area contributed by atoms with E-state index in [9.17, 15) is 24.8 Å². The zero-order chi connectivity index (χ0) is 29.5. The Morgan fingerprint density at radius 3 is 2.63 bits per heavy atom. The summed E-state index contributed by atoms with van der Waals surface area (Å²) in [7, 11) is -2.90. The van der Waals surface area contributed by atoms with Crippen molar-refractivity contribution >= 4 is 25.6 Å². The van der Waals surface area contributed by atoms with Crippen LogP contribution in [0.15, 0.2) is 67.4 Å². The average molecular weight is 578 g/mol. The molecule has 1 spiro atoms. The van der Waals surface area contributed by atoms with Gasteiger partial charge in [-0.25, -0.2) is 0 Å². The molecular formula is C29H35N5O6Si. The summed E-state index contributed by atoms with van der Waals surface area (Å²) in [6.07, 6.45) is 3.33. The number of amides is 1. The average Bonchev–Trinajstić information content (AvgIpc) is 3.59. The summed E-state index contributed by atoms with van der Waals surface area (Å²) in [6.45, 7) is 9.85. The van der Waals surface area contributed by atoms with Crippen molar-refractivity contribution in [1.82, 2.24) is 15.0 Å². The second-order valence-corrected chi connectivity index (χ2v) is 15.3. The summed E-state index contributed by atoms with van der Waals surface area (Å²) in [4.78, 5) is 38.2. The third-order valence-electron chi connectivity index (χ3n) is 8.43. The Morgan fingerprint density at radius 2 is 2.00 bits per heavy atom. The first kappa shape index (κ1) is 28.8. The molecule has 0 saturated carbocycles. The van der Waals surface area contributed by atoms with Gasteiger partial charge in [0.2, 0.25) is 0 Å². The van der Waals surface area contributed by atoms with E-state index in [1.54, 1.807) is 27.9 Å². The molecule has 2 N–H and O–H groups in total. The molecule has 0 bridgehead atoms. The number of rotatable bonds is 10. The van der Waals surface area contributed by atoms with Crippen molar-refractivity contribution in [3.8, 4) is 0 Å². The number of anilines is 1. The van der Waals surface area contributed by atoms with Crippen LogP contribution in [0, 0.1) is 16.0 Å². The van der Waals surface area contributed by atoms with Crippen LogP contribution >= 0.6 is 0 Å². The van der Waals surface area contributed by atoms with Gasteiger partial charge in [-0.1, -0.05) is 48.5 Å². The molecule has 2 aliphatic heterocycles. The fourth-order valence-electron chi connectivity index (χ4n) is 6.66. The molecule has 41 heavy (non-hydrogen) atoms. The van der Waals surface area contributed by atoms with Gasteiger partial charge in [0.05, 0.1) is 34.9 Å². The number of nitro groups is 1. The molecule has 1 amide bonds. The molecule has 0 radical (unpaired) electrons. The summed E-state index contributed by atoms with van der Waals surface area (Å²) in [5.41, 5.74) is 0.655. The lowest BCUT2D eigenvalue weighted by Crippen LogP contribution is -2.46. The molecule has 1 fully saturated rings. The molecule has 0 aliphatic carbocycles. The van der Waals surface area contributed by atoms with Gasteiger partial charge in [0.1, 0.15) is 0 Å². The van der Waals surface area contributed by atoms with Crippen molar-refractivity contribution in [3.63, 3.8) is 0 Å². The summed E-state index contributed by atoms with van der Waals surface area (Å²) in [5.74, 6) is -1.06. The van der Waals surface area contributed by atoms with E-state index in [1.165, 1.54) is 12.1 Å². The number of hydrogen-bond donors (Lipinski definition) is 2. The monoisotopic (exact) mass is 577 g/mol. The number of benzene rings is 2. The fourth-order valence-corrected chi connectivity index (χ4v) is 9.26. The van der Waals surface area contributed by atoms with Crippen molar-refractivity contribution < 1.29 is 24.4 Å². The Hall–Kier alpha value is -3.71. The molecule has 216 valence electrons. The van der Waals surface area contributed by atoms with Crippen LogP contribution in [0.25, 0.3) is 0 Å². The first-order valence-electron chi connectivity index (χ1n) is 13.7. The predicted octanol–water partition coefficient (Wildman–Crippen LogP) is 3.73. The van der Waals surface area contributed by atoms with Gasteiger partial charge in [0.25, 0.3) is 11.6 Å². The zero-order valence-electron chi connectivity index (χ0n) is 23.4. The van der Waals surface area contributed by atoms with Crippen molar-refractivity contribution in [3.05, 3.63) is 94.3 Å². The number of nitro benzene ring substituents is 1. The number of aryl methyl sites for hydroxylation is 1. The topological polar surface area (TPSA) is 144 Å².